The second-order valence-electron chi connectivity index (χ2n) is 5.67. The third-order valence-corrected chi connectivity index (χ3v) is 3.74. The van der Waals surface area contributed by atoms with Crippen LogP contribution in [0.2, 0.25) is 0 Å². The second-order valence-corrected chi connectivity index (χ2v) is 5.67. The van der Waals surface area contributed by atoms with Gasteiger partial charge < -0.3 is 9.47 Å². The Morgan fingerprint density at radius 1 is 1.41 bits per heavy atom. The SMILES string of the molecule is Cc1ccc(C)n1-c1c(C(=O)N(C)C[C@H](C)C#N)cnn1C. The van der Waals surface area contributed by atoms with Gasteiger partial charge in [0.05, 0.1) is 18.2 Å². The molecule has 0 unspecified atom stereocenters. The molecule has 0 aliphatic carbocycles. The number of amides is 1. The average molecular weight is 299 g/mol. The maximum atomic E-state index is 12.7. The van der Waals surface area contributed by atoms with Crippen molar-refractivity contribution in [1.82, 2.24) is 19.2 Å². The van der Waals surface area contributed by atoms with Gasteiger partial charge in [0.2, 0.25) is 0 Å². The molecule has 2 aromatic heterocycles. The molecule has 0 saturated carbocycles. The number of hydrogen-bond donors (Lipinski definition) is 0. The van der Waals surface area contributed by atoms with Gasteiger partial charge in [0, 0.05) is 32.0 Å². The zero-order valence-electron chi connectivity index (χ0n) is 13.7. The number of aromatic nitrogens is 3. The Hall–Kier alpha value is -2.55. The summed E-state index contributed by atoms with van der Waals surface area (Å²) in [6, 6.07) is 6.17. The van der Waals surface area contributed by atoms with Crippen LogP contribution < -0.4 is 0 Å². The van der Waals surface area contributed by atoms with E-state index >= 15 is 0 Å². The molecule has 0 radical (unpaired) electrons. The van der Waals surface area contributed by atoms with E-state index in [9.17, 15) is 4.79 Å². The van der Waals surface area contributed by atoms with Gasteiger partial charge >= 0.3 is 0 Å². The van der Waals surface area contributed by atoms with Gasteiger partial charge in [-0.1, -0.05) is 0 Å². The molecular weight excluding hydrogens is 278 g/mol. The van der Waals surface area contributed by atoms with Crippen LogP contribution in [-0.4, -0.2) is 38.7 Å². The van der Waals surface area contributed by atoms with Crippen molar-refractivity contribution in [3.05, 3.63) is 35.3 Å². The predicted octanol–water partition coefficient (Wildman–Crippen LogP) is 2.06. The lowest BCUT2D eigenvalue weighted by atomic mass is 10.2. The van der Waals surface area contributed by atoms with E-state index in [1.165, 1.54) is 0 Å². The molecule has 116 valence electrons. The summed E-state index contributed by atoms with van der Waals surface area (Å²) >= 11 is 0. The summed E-state index contributed by atoms with van der Waals surface area (Å²) in [5, 5.41) is 13.2. The molecule has 6 nitrogen and oxygen atoms in total. The van der Waals surface area contributed by atoms with Crippen LogP contribution >= 0.6 is 0 Å². The Bertz CT molecular complexity index is 715. The van der Waals surface area contributed by atoms with Crippen molar-refractivity contribution in [2.24, 2.45) is 13.0 Å². The van der Waals surface area contributed by atoms with Gasteiger partial charge in [0.1, 0.15) is 11.4 Å². The Kier molecular flexibility index (Phi) is 4.36. The smallest absolute Gasteiger partial charge is 0.259 e. The Balaban J connectivity index is 2.43. The maximum absolute atomic E-state index is 12.7. The standard InChI is InChI=1S/C16H21N5O/c1-11(8-17)10-19(4)16(22)14-9-18-20(5)15(14)21-12(2)6-7-13(21)3/h6-7,9,11H,10H2,1-5H3/t11-/m1/s1. The van der Waals surface area contributed by atoms with Crippen molar-refractivity contribution >= 4 is 5.91 Å². The van der Waals surface area contributed by atoms with Crippen LogP contribution in [0.25, 0.3) is 5.82 Å². The Labute approximate surface area is 130 Å². The highest BCUT2D eigenvalue weighted by molar-refractivity contribution is 5.97. The lowest BCUT2D eigenvalue weighted by Gasteiger charge is -2.19. The monoisotopic (exact) mass is 299 g/mol. The van der Waals surface area contributed by atoms with Crippen LogP contribution in [0.5, 0.6) is 0 Å². The van der Waals surface area contributed by atoms with Gasteiger partial charge in [0.15, 0.2) is 0 Å². The van der Waals surface area contributed by atoms with E-state index in [0.29, 0.717) is 12.1 Å². The number of carbonyl (C=O) groups excluding carboxylic acids is 1. The lowest BCUT2D eigenvalue weighted by molar-refractivity contribution is 0.0785. The van der Waals surface area contributed by atoms with E-state index in [1.807, 2.05) is 37.6 Å². The Morgan fingerprint density at radius 3 is 2.55 bits per heavy atom. The van der Waals surface area contributed by atoms with Crippen LogP contribution in [0.1, 0.15) is 28.7 Å². The summed E-state index contributed by atoms with van der Waals surface area (Å²) in [5.41, 5.74) is 2.63. The zero-order valence-corrected chi connectivity index (χ0v) is 13.7. The van der Waals surface area contributed by atoms with Gasteiger partial charge in [-0.2, -0.15) is 10.4 Å². The third-order valence-electron chi connectivity index (χ3n) is 3.74. The molecule has 0 saturated heterocycles. The lowest BCUT2D eigenvalue weighted by Crippen LogP contribution is -2.31. The summed E-state index contributed by atoms with van der Waals surface area (Å²) in [4.78, 5) is 14.3. The quantitative estimate of drug-likeness (QED) is 0.868. The van der Waals surface area contributed by atoms with Crippen molar-refractivity contribution in [3.8, 4) is 11.9 Å². The highest BCUT2D eigenvalue weighted by Crippen LogP contribution is 2.21. The molecule has 0 bridgehead atoms. The molecule has 22 heavy (non-hydrogen) atoms. The number of nitriles is 1. The molecule has 0 spiro atoms. The molecule has 6 heteroatoms. The first-order chi connectivity index (χ1) is 10.4. The van der Waals surface area contributed by atoms with Crippen LogP contribution in [0.3, 0.4) is 0 Å². The number of nitrogens with zero attached hydrogens (tertiary/aromatic N) is 5. The first-order valence-corrected chi connectivity index (χ1v) is 7.19. The van der Waals surface area contributed by atoms with Gasteiger partial charge in [-0.25, -0.2) is 0 Å². The van der Waals surface area contributed by atoms with Crippen molar-refractivity contribution < 1.29 is 4.79 Å². The van der Waals surface area contributed by atoms with Crippen LogP contribution in [0, 0.1) is 31.1 Å². The third kappa shape index (κ3) is 2.75. The van der Waals surface area contributed by atoms with E-state index in [0.717, 1.165) is 17.2 Å². The highest BCUT2D eigenvalue weighted by atomic mass is 16.2. The van der Waals surface area contributed by atoms with E-state index in [1.54, 1.807) is 29.7 Å². The summed E-state index contributed by atoms with van der Waals surface area (Å²) < 4.78 is 3.72. The molecule has 1 amide bonds. The Morgan fingerprint density at radius 2 is 2.00 bits per heavy atom. The number of hydrogen-bond acceptors (Lipinski definition) is 3. The van der Waals surface area contributed by atoms with E-state index < -0.39 is 0 Å². The first-order valence-electron chi connectivity index (χ1n) is 7.19. The first kappa shape index (κ1) is 15.8. The van der Waals surface area contributed by atoms with Gasteiger partial charge in [-0.05, 0) is 32.9 Å². The summed E-state index contributed by atoms with van der Waals surface area (Å²) in [5.74, 6) is 0.420. The van der Waals surface area contributed by atoms with Crippen LogP contribution in [-0.2, 0) is 7.05 Å². The maximum Gasteiger partial charge on any atom is 0.259 e. The molecule has 0 aliphatic heterocycles. The van der Waals surface area contributed by atoms with Gasteiger partial charge in [-0.15, -0.1) is 0 Å². The van der Waals surface area contributed by atoms with Crippen molar-refractivity contribution in [1.29, 1.82) is 5.26 Å². The fraction of sp³-hybridized carbons (Fsp3) is 0.438. The number of carbonyl (C=O) groups is 1. The van der Waals surface area contributed by atoms with Crippen LogP contribution in [0.4, 0.5) is 0 Å². The van der Waals surface area contributed by atoms with E-state index in [-0.39, 0.29) is 11.8 Å². The molecule has 2 heterocycles. The highest BCUT2D eigenvalue weighted by Gasteiger charge is 2.23. The summed E-state index contributed by atoms with van der Waals surface area (Å²) in [7, 11) is 3.53. The normalized spacial score (nSPS) is 12.0. The zero-order chi connectivity index (χ0) is 16.4. The molecule has 0 fully saturated rings. The average Bonchev–Trinajstić information content (AvgIpc) is 3.00. The van der Waals surface area contributed by atoms with E-state index in [2.05, 4.69) is 11.2 Å². The fourth-order valence-electron chi connectivity index (χ4n) is 2.59. The van der Waals surface area contributed by atoms with Crippen molar-refractivity contribution in [2.45, 2.75) is 20.8 Å². The molecule has 0 aliphatic rings. The summed E-state index contributed by atoms with van der Waals surface area (Å²) in [6.45, 7) is 6.19. The minimum atomic E-state index is -0.205. The van der Waals surface area contributed by atoms with E-state index in [4.69, 9.17) is 5.26 Å². The largest absolute Gasteiger partial charge is 0.340 e. The van der Waals surface area contributed by atoms with Crippen LogP contribution in [0.15, 0.2) is 18.3 Å². The van der Waals surface area contributed by atoms with Crippen molar-refractivity contribution in [3.63, 3.8) is 0 Å². The topological polar surface area (TPSA) is 66.8 Å². The number of aryl methyl sites for hydroxylation is 3. The minimum absolute atomic E-state index is 0.127. The summed E-state index contributed by atoms with van der Waals surface area (Å²) in [6.07, 6.45) is 1.59. The predicted molar refractivity (Wildman–Crippen MR) is 83.7 cm³/mol. The van der Waals surface area contributed by atoms with Crippen molar-refractivity contribution in [2.75, 3.05) is 13.6 Å². The molecule has 0 N–H and O–H groups in total. The number of rotatable bonds is 4. The molecule has 2 aromatic rings. The molecule has 1 atom stereocenters. The second kappa shape index (κ2) is 6.06. The molecule has 2 rings (SSSR count). The molecule has 0 aromatic carbocycles. The minimum Gasteiger partial charge on any atom is -0.340 e. The van der Waals surface area contributed by atoms with Gasteiger partial charge in [-0.3, -0.25) is 9.48 Å². The fourth-order valence-corrected chi connectivity index (χ4v) is 2.59. The van der Waals surface area contributed by atoms with Gasteiger partial charge in [0.25, 0.3) is 5.91 Å². The molecular formula is C16H21N5O.